The monoisotopic (exact) mass is 420 g/mol. The van der Waals surface area contributed by atoms with E-state index in [9.17, 15) is 9.18 Å². The molecule has 1 unspecified atom stereocenters. The Morgan fingerprint density at radius 2 is 1.90 bits per heavy atom. The summed E-state index contributed by atoms with van der Waals surface area (Å²) in [6.07, 6.45) is 2.04. The van der Waals surface area contributed by atoms with Gasteiger partial charge in [0.15, 0.2) is 11.6 Å². The van der Waals surface area contributed by atoms with E-state index in [1.165, 1.54) is 12.1 Å². The number of fused-ring (bicyclic) bond motifs is 1. The van der Waals surface area contributed by atoms with Gasteiger partial charge in [0.05, 0.1) is 14.2 Å². The summed E-state index contributed by atoms with van der Waals surface area (Å²) in [4.78, 5) is 17.6. The Morgan fingerprint density at radius 1 is 1.10 bits per heavy atom. The van der Waals surface area contributed by atoms with Crippen molar-refractivity contribution in [3.8, 4) is 22.9 Å². The summed E-state index contributed by atoms with van der Waals surface area (Å²) in [6.45, 7) is 0. The van der Waals surface area contributed by atoms with Gasteiger partial charge in [0, 0.05) is 34.9 Å². The summed E-state index contributed by atoms with van der Waals surface area (Å²) in [5, 5.41) is 8.00. The Balaban J connectivity index is 1.69. The molecule has 0 fully saturated rings. The quantitative estimate of drug-likeness (QED) is 0.684. The topological polar surface area (TPSA) is 78.3 Å². The molecule has 7 nitrogen and oxygen atoms in total. The third-order valence-corrected chi connectivity index (χ3v) is 5.71. The molecule has 0 radical (unpaired) electrons. The largest absolute Gasteiger partial charge is 0.497 e. The fourth-order valence-electron chi connectivity index (χ4n) is 4.21. The average molecular weight is 420 g/mol. The van der Waals surface area contributed by atoms with Crippen molar-refractivity contribution in [1.82, 2.24) is 14.8 Å². The molecule has 0 spiro atoms. The van der Waals surface area contributed by atoms with Crippen LogP contribution in [-0.4, -0.2) is 34.8 Å². The van der Waals surface area contributed by atoms with E-state index in [1.807, 2.05) is 12.1 Å². The Kier molecular flexibility index (Phi) is 4.69. The molecule has 31 heavy (non-hydrogen) atoms. The second kappa shape index (κ2) is 7.54. The molecule has 2 aliphatic rings. The van der Waals surface area contributed by atoms with E-state index in [-0.39, 0.29) is 11.6 Å². The van der Waals surface area contributed by atoms with E-state index >= 15 is 0 Å². The summed E-state index contributed by atoms with van der Waals surface area (Å²) < 4.78 is 26.1. The number of Topliss-reactive ketones (excluding diaryl/α,β-unsaturated/α-hetero) is 1. The highest BCUT2D eigenvalue weighted by atomic mass is 19.1. The van der Waals surface area contributed by atoms with Gasteiger partial charge in [-0.25, -0.2) is 9.07 Å². The number of nitrogens with one attached hydrogen (secondary N) is 1. The van der Waals surface area contributed by atoms with Crippen LogP contribution < -0.4 is 14.8 Å². The van der Waals surface area contributed by atoms with Gasteiger partial charge in [-0.2, -0.15) is 4.98 Å². The predicted molar refractivity (Wildman–Crippen MR) is 113 cm³/mol. The number of ketones is 1. The molecule has 1 atom stereocenters. The summed E-state index contributed by atoms with van der Waals surface area (Å²) in [5.41, 5.74) is 3.03. The highest BCUT2D eigenvalue weighted by Crippen LogP contribution is 2.44. The van der Waals surface area contributed by atoms with E-state index in [1.54, 1.807) is 37.1 Å². The van der Waals surface area contributed by atoms with Crippen LogP contribution >= 0.6 is 0 Å². The highest BCUT2D eigenvalue weighted by Gasteiger charge is 2.38. The minimum atomic E-state index is -0.485. The van der Waals surface area contributed by atoms with Gasteiger partial charge in [0.1, 0.15) is 23.4 Å². The summed E-state index contributed by atoms with van der Waals surface area (Å²) >= 11 is 0. The molecule has 3 aromatic rings. The number of anilines is 1. The second-order valence-electron chi connectivity index (χ2n) is 7.51. The third-order valence-electron chi connectivity index (χ3n) is 5.71. The lowest BCUT2D eigenvalue weighted by Gasteiger charge is -2.32. The van der Waals surface area contributed by atoms with Gasteiger partial charge >= 0.3 is 0 Å². The van der Waals surface area contributed by atoms with Crippen LogP contribution in [0, 0.1) is 5.82 Å². The normalized spacial score (nSPS) is 17.6. The van der Waals surface area contributed by atoms with Crippen LogP contribution in [0.3, 0.4) is 0 Å². The van der Waals surface area contributed by atoms with Crippen molar-refractivity contribution in [3.05, 3.63) is 65.1 Å². The van der Waals surface area contributed by atoms with Gasteiger partial charge in [-0.05, 0) is 49.2 Å². The third kappa shape index (κ3) is 3.24. The van der Waals surface area contributed by atoms with E-state index in [2.05, 4.69) is 10.3 Å². The number of hydrogen-bond donors (Lipinski definition) is 1. The summed E-state index contributed by atoms with van der Waals surface area (Å²) in [5.74, 6) is 2.00. The zero-order valence-corrected chi connectivity index (χ0v) is 17.2. The standard InChI is InChI=1S/C23H21FN4O3/c1-30-15-10-11-16(19(12-15)31-2)21-20-17(4-3-5-18(20)29)25-23-26-22(27-28(21)23)13-6-8-14(24)9-7-13/h6-12,21H,3-5H2,1-2H3,(H,25,26,27). The van der Waals surface area contributed by atoms with Crippen molar-refractivity contribution in [2.24, 2.45) is 0 Å². The van der Waals surface area contributed by atoms with Crippen LogP contribution in [0.15, 0.2) is 53.7 Å². The van der Waals surface area contributed by atoms with Gasteiger partial charge in [0.2, 0.25) is 5.95 Å². The van der Waals surface area contributed by atoms with Crippen LogP contribution in [-0.2, 0) is 4.79 Å². The first-order valence-corrected chi connectivity index (χ1v) is 10.1. The Hall–Kier alpha value is -3.68. The molecule has 0 saturated heterocycles. The van der Waals surface area contributed by atoms with E-state index in [4.69, 9.17) is 14.6 Å². The summed E-state index contributed by atoms with van der Waals surface area (Å²) in [6, 6.07) is 11.1. The summed E-state index contributed by atoms with van der Waals surface area (Å²) in [7, 11) is 3.18. The Bertz CT molecular complexity index is 1200. The zero-order chi connectivity index (χ0) is 21.5. The highest BCUT2D eigenvalue weighted by molar-refractivity contribution is 5.99. The number of halogens is 1. The first-order valence-electron chi connectivity index (χ1n) is 10.1. The SMILES string of the molecule is COc1ccc(C2C3=C(CCCC3=O)Nc3nc(-c4ccc(F)cc4)nn32)c(OC)c1. The number of aromatic nitrogens is 3. The number of nitrogens with zero attached hydrogens (tertiary/aromatic N) is 3. The molecule has 5 rings (SSSR count). The Morgan fingerprint density at radius 3 is 2.65 bits per heavy atom. The zero-order valence-electron chi connectivity index (χ0n) is 17.2. The smallest absolute Gasteiger partial charge is 0.226 e. The van der Waals surface area contributed by atoms with E-state index in [0.717, 1.165) is 24.1 Å². The van der Waals surface area contributed by atoms with Crippen molar-refractivity contribution in [1.29, 1.82) is 0 Å². The fourth-order valence-corrected chi connectivity index (χ4v) is 4.21. The van der Waals surface area contributed by atoms with Gasteiger partial charge in [-0.1, -0.05) is 0 Å². The number of benzene rings is 2. The second-order valence-corrected chi connectivity index (χ2v) is 7.51. The first-order chi connectivity index (χ1) is 15.1. The lowest BCUT2D eigenvalue weighted by atomic mass is 9.85. The average Bonchev–Trinajstić information content (AvgIpc) is 3.21. The molecule has 2 heterocycles. The van der Waals surface area contributed by atoms with Gasteiger partial charge in [0.25, 0.3) is 0 Å². The molecule has 0 saturated carbocycles. The molecule has 158 valence electrons. The maximum absolute atomic E-state index is 13.4. The Labute approximate surface area is 178 Å². The van der Waals surface area contributed by atoms with Crippen LogP contribution in [0.25, 0.3) is 11.4 Å². The molecule has 0 bridgehead atoms. The number of hydrogen-bond acceptors (Lipinski definition) is 6. The maximum atomic E-state index is 13.4. The van der Waals surface area contributed by atoms with Crippen LogP contribution in [0.4, 0.5) is 10.3 Å². The van der Waals surface area contributed by atoms with Crippen LogP contribution in [0.1, 0.15) is 30.9 Å². The van der Waals surface area contributed by atoms with Crippen molar-refractivity contribution in [3.63, 3.8) is 0 Å². The molecule has 1 aliphatic heterocycles. The van der Waals surface area contributed by atoms with E-state index in [0.29, 0.717) is 40.8 Å². The first kappa shape index (κ1) is 19.3. The van der Waals surface area contributed by atoms with Gasteiger partial charge in [-0.15, -0.1) is 5.10 Å². The van der Waals surface area contributed by atoms with Crippen LogP contribution in [0.5, 0.6) is 11.5 Å². The number of methoxy groups -OCH3 is 2. The number of rotatable bonds is 4. The minimum Gasteiger partial charge on any atom is -0.497 e. The number of ether oxygens (including phenoxy) is 2. The molecular formula is C23H21FN4O3. The lowest BCUT2D eigenvalue weighted by Crippen LogP contribution is -2.31. The molecule has 1 N–H and O–H groups in total. The van der Waals surface area contributed by atoms with Crippen molar-refractivity contribution in [2.75, 3.05) is 19.5 Å². The number of carbonyl (C=O) groups excluding carboxylic acids is 1. The molecule has 8 heteroatoms. The number of allylic oxidation sites excluding steroid dienone is 2. The van der Waals surface area contributed by atoms with Crippen molar-refractivity contribution in [2.45, 2.75) is 25.3 Å². The molecule has 2 aromatic carbocycles. The molecular weight excluding hydrogens is 399 g/mol. The molecule has 1 aromatic heterocycles. The molecule has 1 aliphatic carbocycles. The van der Waals surface area contributed by atoms with Gasteiger partial charge < -0.3 is 14.8 Å². The molecule has 0 amide bonds. The fraction of sp³-hybridized carbons (Fsp3) is 0.261. The minimum absolute atomic E-state index is 0.0844. The number of carbonyl (C=O) groups is 1. The maximum Gasteiger partial charge on any atom is 0.226 e. The van der Waals surface area contributed by atoms with E-state index < -0.39 is 6.04 Å². The predicted octanol–water partition coefficient (Wildman–Crippen LogP) is 4.12. The van der Waals surface area contributed by atoms with Crippen LogP contribution in [0.2, 0.25) is 0 Å². The van der Waals surface area contributed by atoms with Crippen molar-refractivity contribution >= 4 is 11.7 Å². The van der Waals surface area contributed by atoms with Crippen molar-refractivity contribution < 1.29 is 18.7 Å². The van der Waals surface area contributed by atoms with Gasteiger partial charge in [-0.3, -0.25) is 4.79 Å². The lowest BCUT2D eigenvalue weighted by molar-refractivity contribution is -0.116.